The summed E-state index contributed by atoms with van der Waals surface area (Å²) >= 11 is 0. The Bertz CT molecular complexity index is 819. The number of amides is 1. The van der Waals surface area contributed by atoms with E-state index in [-0.39, 0.29) is 11.9 Å². The number of nitrogens with one attached hydrogen (secondary N) is 2. The molecule has 2 heterocycles. The molecule has 2 aromatic heterocycles. The van der Waals surface area contributed by atoms with Crippen LogP contribution in [-0.2, 0) is 7.05 Å². The van der Waals surface area contributed by atoms with Gasteiger partial charge in [-0.1, -0.05) is 30.3 Å². The Morgan fingerprint density at radius 3 is 2.70 bits per heavy atom. The minimum absolute atomic E-state index is 0.177. The molecule has 0 saturated carbocycles. The highest BCUT2D eigenvalue weighted by Gasteiger charge is 2.18. The number of aromatic amines is 1. The van der Waals surface area contributed by atoms with E-state index in [0.29, 0.717) is 5.69 Å². The number of hydrogen-bond donors (Lipinski definition) is 2. The quantitative estimate of drug-likeness (QED) is 0.778. The normalized spacial score (nSPS) is 12.1. The van der Waals surface area contributed by atoms with Gasteiger partial charge in [-0.15, -0.1) is 0 Å². The van der Waals surface area contributed by atoms with Crippen molar-refractivity contribution in [2.45, 2.75) is 19.9 Å². The van der Waals surface area contributed by atoms with Crippen LogP contribution < -0.4 is 5.32 Å². The maximum Gasteiger partial charge on any atom is 0.270 e. The van der Waals surface area contributed by atoms with Crippen LogP contribution in [0.15, 0.2) is 42.6 Å². The number of benzene rings is 1. The molecule has 6 nitrogen and oxygen atoms in total. The summed E-state index contributed by atoms with van der Waals surface area (Å²) < 4.78 is 1.60. The van der Waals surface area contributed by atoms with E-state index >= 15 is 0 Å². The Labute approximate surface area is 134 Å². The first-order valence-electron chi connectivity index (χ1n) is 7.46. The predicted octanol–water partition coefficient (Wildman–Crippen LogP) is 2.61. The van der Waals surface area contributed by atoms with E-state index in [9.17, 15) is 4.79 Å². The van der Waals surface area contributed by atoms with Gasteiger partial charge in [0.1, 0.15) is 11.5 Å². The van der Waals surface area contributed by atoms with E-state index in [4.69, 9.17) is 0 Å². The lowest BCUT2D eigenvalue weighted by atomic mass is 10.1. The smallest absolute Gasteiger partial charge is 0.270 e. The molecule has 0 spiro atoms. The second kappa shape index (κ2) is 6.08. The molecule has 118 valence electrons. The standard InChI is InChI=1S/C17H19N5O/c1-11-10-18-16(19-11)12(2)20-17(23)15-9-14(21-22(15)3)13-7-5-4-6-8-13/h4-10,12H,1-3H3,(H,18,19)(H,20,23)/t12-/m1/s1. The van der Waals surface area contributed by atoms with Gasteiger partial charge in [-0.25, -0.2) is 4.98 Å². The van der Waals surface area contributed by atoms with Gasteiger partial charge in [0, 0.05) is 24.5 Å². The Balaban J connectivity index is 1.79. The van der Waals surface area contributed by atoms with Crippen LogP contribution in [0, 0.1) is 6.92 Å². The van der Waals surface area contributed by atoms with Crippen LogP contribution in [0.1, 0.15) is 35.0 Å². The Kier molecular flexibility index (Phi) is 3.97. The highest BCUT2D eigenvalue weighted by atomic mass is 16.2. The second-order valence-electron chi connectivity index (χ2n) is 5.55. The molecule has 3 aromatic rings. The third-order valence-electron chi connectivity index (χ3n) is 3.66. The number of aryl methyl sites for hydroxylation is 2. The molecule has 0 aliphatic carbocycles. The van der Waals surface area contributed by atoms with Crippen LogP contribution in [0.25, 0.3) is 11.3 Å². The zero-order valence-electron chi connectivity index (χ0n) is 13.4. The van der Waals surface area contributed by atoms with Crippen LogP contribution in [-0.4, -0.2) is 25.7 Å². The van der Waals surface area contributed by atoms with Gasteiger partial charge < -0.3 is 10.3 Å². The largest absolute Gasteiger partial charge is 0.344 e. The fraction of sp³-hybridized carbons (Fsp3) is 0.235. The predicted molar refractivity (Wildman–Crippen MR) is 87.8 cm³/mol. The third-order valence-corrected chi connectivity index (χ3v) is 3.66. The lowest BCUT2D eigenvalue weighted by Crippen LogP contribution is -2.29. The molecule has 23 heavy (non-hydrogen) atoms. The average Bonchev–Trinajstić information content (AvgIpc) is 3.14. The number of rotatable bonds is 4. The minimum Gasteiger partial charge on any atom is -0.344 e. The number of nitrogens with zero attached hydrogens (tertiary/aromatic N) is 3. The van der Waals surface area contributed by atoms with Gasteiger partial charge in [0.05, 0.1) is 11.7 Å². The van der Waals surface area contributed by atoms with Crippen molar-refractivity contribution >= 4 is 5.91 Å². The molecule has 0 saturated heterocycles. The molecular formula is C17H19N5O. The molecule has 1 atom stereocenters. The summed E-state index contributed by atoms with van der Waals surface area (Å²) in [6, 6.07) is 11.4. The van der Waals surface area contributed by atoms with E-state index in [1.165, 1.54) is 0 Å². The van der Waals surface area contributed by atoms with Gasteiger partial charge in [0.2, 0.25) is 0 Å². The van der Waals surface area contributed by atoms with Crippen molar-refractivity contribution in [3.63, 3.8) is 0 Å². The van der Waals surface area contributed by atoms with Crippen molar-refractivity contribution in [1.82, 2.24) is 25.1 Å². The maximum absolute atomic E-state index is 12.5. The summed E-state index contributed by atoms with van der Waals surface area (Å²) in [5, 5.41) is 7.36. The Morgan fingerprint density at radius 2 is 2.04 bits per heavy atom. The first-order valence-corrected chi connectivity index (χ1v) is 7.46. The zero-order chi connectivity index (χ0) is 16.4. The topological polar surface area (TPSA) is 75.6 Å². The third kappa shape index (κ3) is 3.15. The molecule has 0 bridgehead atoms. The van der Waals surface area contributed by atoms with E-state index in [0.717, 1.165) is 22.8 Å². The van der Waals surface area contributed by atoms with Crippen LogP contribution in [0.3, 0.4) is 0 Å². The molecule has 0 unspecified atom stereocenters. The van der Waals surface area contributed by atoms with Crippen LogP contribution in [0.2, 0.25) is 0 Å². The number of aromatic nitrogens is 4. The lowest BCUT2D eigenvalue weighted by Gasteiger charge is -2.11. The van der Waals surface area contributed by atoms with Crippen molar-refractivity contribution in [2.75, 3.05) is 0 Å². The fourth-order valence-corrected chi connectivity index (χ4v) is 2.42. The summed E-state index contributed by atoms with van der Waals surface area (Å²) in [5.74, 6) is 0.560. The fourth-order valence-electron chi connectivity index (χ4n) is 2.42. The number of hydrogen-bond acceptors (Lipinski definition) is 3. The lowest BCUT2D eigenvalue weighted by molar-refractivity contribution is 0.0929. The van der Waals surface area contributed by atoms with Crippen LogP contribution in [0.4, 0.5) is 0 Å². The number of H-pyrrole nitrogens is 1. The van der Waals surface area contributed by atoms with Crippen molar-refractivity contribution in [3.05, 3.63) is 59.8 Å². The molecular weight excluding hydrogens is 290 g/mol. The zero-order valence-corrected chi connectivity index (χ0v) is 13.4. The monoisotopic (exact) mass is 309 g/mol. The van der Waals surface area contributed by atoms with E-state index in [2.05, 4.69) is 20.4 Å². The van der Waals surface area contributed by atoms with Gasteiger partial charge >= 0.3 is 0 Å². The van der Waals surface area contributed by atoms with E-state index in [1.807, 2.05) is 44.2 Å². The van der Waals surface area contributed by atoms with Crippen molar-refractivity contribution < 1.29 is 4.79 Å². The Hall–Kier alpha value is -2.89. The average molecular weight is 309 g/mol. The molecule has 2 N–H and O–H groups in total. The summed E-state index contributed by atoms with van der Waals surface area (Å²) in [6.07, 6.45) is 1.75. The maximum atomic E-state index is 12.5. The van der Waals surface area contributed by atoms with Gasteiger partial charge in [0.25, 0.3) is 5.91 Å². The van der Waals surface area contributed by atoms with E-state index in [1.54, 1.807) is 24.0 Å². The summed E-state index contributed by atoms with van der Waals surface area (Å²) in [6.45, 7) is 3.82. The molecule has 0 aliphatic heterocycles. The van der Waals surface area contributed by atoms with Gasteiger partial charge in [-0.2, -0.15) is 5.10 Å². The molecule has 6 heteroatoms. The first-order chi connectivity index (χ1) is 11.0. The highest BCUT2D eigenvalue weighted by molar-refractivity contribution is 5.93. The molecule has 1 amide bonds. The number of imidazole rings is 1. The molecule has 1 aromatic carbocycles. The number of carbonyl (C=O) groups is 1. The molecule has 0 fully saturated rings. The number of carbonyl (C=O) groups excluding carboxylic acids is 1. The highest BCUT2D eigenvalue weighted by Crippen LogP contribution is 2.19. The SMILES string of the molecule is Cc1cnc([C@@H](C)NC(=O)c2cc(-c3ccccc3)nn2C)[nH]1. The molecule has 0 aliphatic rings. The van der Waals surface area contributed by atoms with Crippen molar-refractivity contribution in [1.29, 1.82) is 0 Å². The summed E-state index contributed by atoms with van der Waals surface area (Å²) in [5.41, 5.74) is 3.24. The summed E-state index contributed by atoms with van der Waals surface area (Å²) in [4.78, 5) is 19.9. The van der Waals surface area contributed by atoms with Crippen LogP contribution in [0.5, 0.6) is 0 Å². The van der Waals surface area contributed by atoms with Gasteiger partial charge in [0.15, 0.2) is 0 Å². The first kappa shape index (κ1) is 15.0. The van der Waals surface area contributed by atoms with Crippen molar-refractivity contribution in [3.8, 4) is 11.3 Å². The van der Waals surface area contributed by atoms with Crippen molar-refractivity contribution in [2.24, 2.45) is 7.05 Å². The summed E-state index contributed by atoms with van der Waals surface area (Å²) in [7, 11) is 1.77. The van der Waals surface area contributed by atoms with Gasteiger partial charge in [-0.3, -0.25) is 9.48 Å². The molecule has 0 radical (unpaired) electrons. The second-order valence-corrected chi connectivity index (χ2v) is 5.55. The van der Waals surface area contributed by atoms with E-state index < -0.39 is 0 Å². The Morgan fingerprint density at radius 1 is 1.30 bits per heavy atom. The minimum atomic E-state index is -0.203. The molecule has 3 rings (SSSR count). The van der Waals surface area contributed by atoms with Crippen LogP contribution >= 0.6 is 0 Å². The van der Waals surface area contributed by atoms with Gasteiger partial charge in [-0.05, 0) is 19.9 Å².